The molecule has 1 saturated heterocycles. The van der Waals surface area contributed by atoms with Gasteiger partial charge in [-0.05, 0) is 30.9 Å². The van der Waals surface area contributed by atoms with Crippen molar-refractivity contribution in [3.05, 3.63) is 18.3 Å². The molecule has 0 aromatic carbocycles. The SMILES string of the molecule is CC1CCC(=O)N(c2ccc(N)cn2)CC1. The molecule has 0 saturated carbocycles. The first kappa shape index (κ1) is 10.9. The zero-order valence-electron chi connectivity index (χ0n) is 9.52. The average Bonchev–Trinajstić information content (AvgIpc) is 2.44. The first-order valence-electron chi connectivity index (χ1n) is 5.68. The van der Waals surface area contributed by atoms with Gasteiger partial charge in [-0.1, -0.05) is 6.92 Å². The van der Waals surface area contributed by atoms with Crippen LogP contribution in [0, 0.1) is 5.92 Å². The van der Waals surface area contributed by atoms with Gasteiger partial charge in [-0.2, -0.15) is 0 Å². The first-order valence-corrected chi connectivity index (χ1v) is 5.68. The summed E-state index contributed by atoms with van der Waals surface area (Å²) in [5.41, 5.74) is 6.20. The van der Waals surface area contributed by atoms with E-state index in [1.165, 1.54) is 0 Å². The van der Waals surface area contributed by atoms with Gasteiger partial charge in [0.25, 0.3) is 0 Å². The highest BCUT2D eigenvalue weighted by atomic mass is 16.2. The summed E-state index contributed by atoms with van der Waals surface area (Å²) in [6.07, 6.45) is 4.23. The normalized spacial score (nSPS) is 21.9. The molecule has 1 fully saturated rings. The Hall–Kier alpha value is -1.58. The minimum atomic E-state index is 0.168. The Morgan fingerprint density at radius 3 is 2.94 bits per heavy atom. The van der Waals surface area contributed by atoms with Gasteiger partial charge in [-0.25, -0.2) is 4.98 Å². The molecular formula is C12H17N3O. The van der Waals surface area contributed by atoms with Crippen molar-refractivity contribution in [3.63, 3.8) is 0 Å². The Labute approximate surface area is 95.5 Å². The molecule has 16 heavy (non-hydrogen) atoms. The van der Waals surface area contributed by atoms with E-state index >= 15 is 0 Å². The molecule has 1 aromatic rings. The fourth-order valence-corrected chi connectivity index (χ4v) is 1.92. The molecule has 2 heterocycles. The molecule has 1 aliphatic heterocycles. The predicted molar refractivity (Wildman–Crippen MR) is 64.0 cm³/mol. The maximum absolute atomic E-state index is 11.9. The summed E-state index contributed by atoms with van der Waals surface area (Å²) in [5.74, 6) is 1.50. The van der Waals surface area contributed by atoms with Gasteiger partial charge >= 0.3 is 0 Å². The number of amides is 1. The molecule has 2 rings (SSSR count). The lowest BCUT2D eigenvalue weighted by molar-refractivity contribution is -0.118. The van der Waals surface area contributed by atoms with Gasteiger partial charge in [0.1, 0.15) is 5.82 Å². The summed E-state index contributed by atoms with van der Waals surface area (Å²) >= 11 is 0. The summed E-state index contributed by atoms with van der Waals surface area (Å²) in [5, 5.41) is 0. The Morgan fingerprint density at radius 2 is 2.25 bits per heavy atom. The second kappa shape index (κ2) is 4.51. The minimum absolute atomic E-state index is 0.168. The van der Waals surface area contributed by atoms with Crippen molar-refractivity contribution in [3.8, 4) is 0 Å². The van der Waals surface area contributed by atoms with Crippen LogP contribution in [0.25, 0.3) is 0 Å². The Morgan fingerprint density at radius 1 is 1.44 bits per heavy atom. The predicted octanol–water partition coefficient (Wildman–Crippen LogP) is 1.82. The van der Waals surface area contributed by atoms with Crippen LogP contribution >= 0.6 is 0 Å². The van der Waals surface area contributed by atoms with Crippen LogP contribution < -0.4 is 10.6 Å². The van der Waals surface area contributed by atoms with Crippen LogP contribution in [0.1, 0.15) is 26.2 Å². The van der Waals surface area contributed by atoms with Gasteiger partial charge in [-0.15, -0.1) is 0 Å². The number of nitrogens with two attached hydrogens (primary N) is 1. The molecule has 4 nitrogen and oxygen atoms in total. The van der Waals surface area contributed by atoms with Crippen LogP contribution in [0.15, 0.2) is 18.3 Å². The summed E-state index contributed by atoms with van der Waals surface area (Å²) in [7, 11) is 0. The molecule has 1 atom stereocenters. The van der Waals surface area contributed by atoms with Crippen molar-refractivity contribution in [1.82, 2.24) is 4.98 Å². The van der Waals surface area contributed by atoms with Gasteiger partial charge < -0.3 is 5.73 Å². The van der Waals surface area contributed by atoms with Gasteiger partial charge in [0, 0.05) is 13.0 Å². The summed E-state index contributed by atoms with van der Waals surface area (Å²) in [6.45, 7) is 2.95. The van der Waals surface area contributed by atoms with Crippen molar-refractivity contribution < 1.29 is 4.79 Å². The van der Waals surface area contributed by atoms with Gasteiger partial charge in [0.2, 0.25) is 5.91 Å². The zero-order valence-corrected chi connectivity index (χ0v) is 9.52. The number of anilines is 2. The molecule has 0 radical (unpaired) electrons. The summed E-state index contributed by atoms with van der Waals surface area (Å²) < 4.78 is 0. The third kappa shape index (κ3) is 2.32. The largest absolute Gasteiger partial charge is 0.397 e. The average molecular weight is 219 g/mol. The minimum Gasteiger partial charge on any atom is -0.397 e. The van der Waals surface area contributed by atoms with E-state index in [0.717, 1.165) is 19.4 Å². The molecule has 1 amide bonds. The third-order valence-corrected chi connectivity index (χ3v) is 3.04. The molecule has 0 bridgehead atoms. The van der Waals surface area contributed by atoms with Gasteiger partial charge in [0.15, 0.2) is 0 Å². The highest BCUT2D eigenvalue weighted by Crippen LogP contribution is 2.22. The molecule has 4 heteroatoms. The third-order valence-electron chi connectivity index (χ3n) is 3.04. The molecule has 1 unspecified atom stereocenters. The van der Waals surface area contributed by atoms with Crippen molar-refractivity contribution in [2.45, 2.75) is 26.2 Å². The number of hydrogen-bond acceptors (Lipinski definition) is 3. The number of carbonyl (C=O) groups is 1. The number of carbonyl (C=O) groups excluding carboxylic acids is 1. The maximum atomic E-state index is 11.9. The van der Waals surface area contributed by atoms with Gasteiger partial charge in [0.05, 0.1) is 11.9 Å². The highest BCUT2D eigenvalue weighted by Gasteiger charge is 2.21. The van der Waals surface area contributed by atoms with Crippen molar-refractivity contribution in [1.29, 1.82) is 0 Å². The van der Waals surface area contributed by atoms with Crippen molar-refractivity contribution in [2.24, 2.45) is 5.92 Å². The standard InChI is InChI=1S/C12H17N3O/c1-9-2-5-12(16)15(7-6-9)11-4-3-10(13)8-14-11/h3-4,8-9H,2,5-7,13H2,1H3. The number of pyridine rings is 1. The smallest absolute Gasteiger partial charge is 0.228 e. The molecule has 1 aliphatic rings. The number of aromatic nitrogens is 1. The Balaban J connectivity index is 2.18. The van der Waals surface area contributed by atoms with Crippen LogP contribution in [0.3, 0.4) is 0 Å². The number of hydrogen-bond donors (Lipinski definition) is 1. The highest BCUT2D eigenvalue weighted by molar-refractivity contribution is 5.92. The fourth-order valence-electron chi connectivity index (χ4n) is 1.92. The first-order chi connectivity index (χ1) is 7.66. The van der Waals surface area contributed by atoms with Crippen LogP contribution in [0.5, 0.6) is 0 Å². The lowest BCUT2D eigenvalue weighted by atomic mass is 10.0. The molecular weight excluding hydrogens is 202 g/mol. The van der Waals surface area contributed by atoms with E-state index in [4.69, 9.17) is 5.73 Å². The van der Waals surface area contributed by atoms with E-state index in [1.54, 1.807) is 17.2 Å². The monoisotopic (exact) mass is 219 g/mol. The molecule has 0 spiro atoms. The van der Waals surface area contributed by atoms with Gasteiger partial charge in [-0.3, -0.25) is 9.69 Å². The second-order valence-corrected chi connectivity index (χ2v) is 4.43. The van der Waals surface area contributed by atoms with Crippen LogP contribution in [0.2, 0.25) is 0 Å². The zero-order chi connectivity index (χ0) is 11.5. The van der Waals surface area contributed by atoms with E-state index in [2.05, 4.69) is 11.9 Å². The Bertz CT molecular complexity index is 374. The van der Waals surface area contributed by atoms with Crippen LogP contribution in [-0.2, 0) is 4.79 Å². The van der Waals surface area contributed by atoms with Crippen molar-refractivity contribution in [2.75, 3.05) is 17.2 Å². The topological polar surface area (TPSA) is 59.2 Å². The van der Waals surface area contributed by atoms with E-state index in [-0.39, 0.29) is 5.91 Å². The number of rotatable bonds is 1. The molecule has 86 valence electrons. The second-order valence-electron chi connectivity index (χ2n) is 4.43. The molecule has 1 aromatic heterocycles. The molecule has 2 N–H and O–H groups in total. The maximum Gasteiger partial charge on any atom is 0.228 e. The summed E-state index contributed by atoms with van der Waals surface area (Å²) in [4.78, 5) is 17.9. The lowest BCUT2D eigenvalue weighted by Gasteiger charge is -2.19. The fraction of sp³-hybridized carbons (Fsp3) is 0.500. The lowest BCUT2D eigenvalue weighted by Crippen LogP contribution is -2.30. The Kier molecular flexibility index (Phi) is 3.08. The number of nitrogens with zero attached hydrogens (tertiary/aromatic N) is 2. The van der Waals surface area contributed by atoms with Crippen molar-refractivity contribution >= 4 is 17.4 Å². The van der Waals surface area contributed by atoms with Crippen LogP contribution in [-0.4, -0.2) is 17.4 Å². The molecule has 0 aliphatic carbocycles. The number of nitrogen functional groups attached to an aromatic ring is 1. The quantitative estimate of drug-likeness (QED) is 0.783. The van der Waals surface area contributed by atoms with E-state index in [1.807, 2.05) is 6.07 Å². The van der Waals surface area contributed by atoms with Crippen LogP contribution in [0.4, 0.5) is 11.5 Å². The van der Waals surface area contributed by atoms with E-state index in [9.17, 15) is 4.79 Å². The van der Waals surface area contributed by atoms with E-state index in [0.29, 0.717) is 23.8 Å². The van der Waals surface area contributed by atoms with E-state index < -0.39 is 0 Å². The summed E-state index contributed by atoms with van der Waals surface area (Å²) in [6, 6.07) is 3.59.